The summed E-state index contributed by atoms with van der Waals surface area (Å²) in [6.45, 7) is 4.93. The minimum Gasteiger partial charge on any atom is -0.466 e. The van der Waals surface area contributed by atoms with Gasteiger partial charge >= 0.3 is 5.97 Å². The third kappa shape index (κ3) is 51.8. The van der Waals surface area contributed by atoms with Crippen LogP contribution in [-0.4, -0.2) is 47.4 Å². The summed E-state index contributed by atoms with van der Waals surface area (Å²) in [5, 5.41) is 23.3. The molecule has 0 rings (SSSR count). The van der Waals surface area contributed by atoms with E-state index in [2.05, 4.69) is 31.3 Å². The molecule has 0 aromatic carbocycles. The fourth-order valence-corrected chi connectivity index (χ4v) is 9.28. The summed E-state index contributed by atoms with van der Waals surface area (Å²) < 4.78 is 5.48. The summed E-state index contributed by atoms with van der Waals surface area (Å²) in [7, 11) is 0. The minimum atomic E-state index is -0.676. The van der Waals surface area contributed by atoms with Crippen LogP contribution in [0, 0.1) is 0 Å². The highest BCUT2D eigenvalue weighted by Crippen LogP contribution is 2.17. The Hall–Kier alpha value is -1.40. The van der Waals surface area contributed by atoms with Gasteiger partial charge in [-0.3, -0.25) is 9.59 Å². The van der Waals surface area contributed by atoms with E-state index in [1.807, 2.05) is 0 Å². The standard InChI is InChI=1S/C59H115NO5/c1-3-5-7-9-11-13-15-17-19-21-23-25-27-29-33-37-41-45-49-53-59(64)65-54-50-46-42-38-34-30-32-36-40-44-48-52-58(63)60-56(55-61)57(62)51-47-43-39-35-31-28-26-24-22-20-18-16-14-12-10-8-6-4-2/h17,19,56-57,61-62H,3-16,18,20-55H2,1-2H3,(H,60,63)/b19-17-. The van der Waals surface area contributed by atoms with Gasteiger partial charge in [0.05, 0.1) is 25.4 Å². The average Bonchev–Trinajstić information content (AvgIpc) is 3.31. The molecule has 0 bridgehead atoms. The second kappa shape index (κ2) is 55.2. The Balaban J connectivity index is 3.44. The van der Waals surface area contributed by atoms with Crippen LogP contribution < -0.4 is 5.32 Å². The first-order chi connectivity index (χ1) is 32.0. The lowest BCUT2D eigenvalue weighted by atomic mass is 10.0. The van der Waals surface area contributed by atoms with Crippen LogP contribution in [0.4, 0.5) is 0 Å². The second-order valence-corrected chi connectivity index (χ2v) is 20.3. The number of carbonyl (C=O) groups is 2. The van der Waals surface area contributed by atoms with Crippen LogP contribution >= 0.6 is 0 Å². The van der Waals surface area contributed by atoms with Crippen molar-refractivity contribution in [3.8, 4) is 0 Å². The molecule has 0 saturated heterocycles. The van der Waals surface area contributed by atoms with Crippen molar-refractivity contribution in [1.29, 1.82) is 0 Å². The molecule has 6 nitrogen and oxygen atoms in total. The molecule has 6 heteroatoms. The number of hydrogen-bond donors (Lipinski definition) is 3. The number of rotatable bonds is 55. The lowest BCUT2D eigenvalue weighted by Crippen LogP contribution is -2.45. The van der Waals surface area contributed by atoms with Crippen molar-refractivity contribution in [2.24, 2.45) is 0 Å². The number of amides is 1. The number of aliphatic hydroxyl groups excluding tert-OH is 2. The van der Waals surface area contributed by atoms with Gasteiger partial charge < -0.3 is 20.3 Å². The summed E-state index contributed by atoms with van der Waals surface area (Å²) in [4.78, 5) is 24.6. The first-order valence-electron chi connectivity index (χ1n) is 29.4. The Morgan fingerprint density at radius 3 is 1.09 bits per heavy atom. The largest absolute Gasteiger partial charge is 0.466 e. The van der Waals surface area contributed by atoms with E-state index < -0.39 is 12.1 Å². The number of allylic oxidation sites excluding steroid dienone is 2. The lowest BCUT2D eigenvalue weighted by molar-refractivity contribution is -0.143. The molecule has 0 aliphatic heterocycles. The van der Waals surface area contributed by atoms with Gasteiger partial charge in [0.15, 0.2) is 0 Å². The average molecular weight is 919 g/mol. The molecule has 0 spiro atoms. The van der Waals surface area contributed by atoms with Crippen molar-refractivity contribution in [2.45, 2.75) is 341 Å². The van der Waals surface area contributed by atoms with Gasteiger partial charge in [-0.1, -0.05) is 276 Å². The third-order valence-electron chi connectivity index (χ3n) is 13.8. The van der Waals surface area contributed by atoms with Crippen LogP contribution in [0.2, 0.25) is 0 Å². The molecular formula is C59H115NO5. The quantitative estimate of drug-likeness (QED) is 0.0321. The Labute approximate surface area is 406 Å². The molecule has 3 N–H and O–H groups in total. The van der Waals surface area contributed by atoms with Gasteiger partial charge in [0.2, 0.25) is 5.91 Å². The first-order valence-corrected chi connectivity index (χ1v) is 29.4. The van der Waals surface area contributed by atoms with Gasteiger partial charge in [0.1, 0.15) is 0 Å². The van der Waals surface area contributed by atoms with E-state index in [1.54, 1.807) is 0 Å². The monoisotopic (exact) mass is 918 g/mol. The molecule has 0 aliphatic rings. The topological polar surface area (TPSA) is 95.9 Å². The summed E-state index contributed by atoms with van der Waals surface area (Å²) in [6.07, 6.45) is 64.8. The predicted molar refractivity (Wildman–Crippen MR) is 283 cm³/mol. The van der Waals surface area contributed by atoms with E-state index in [1.165, 1.54) is 238 Å². The summed E-state index contributed by atoms with van der Waals surface area (Å²) in [5.74, 6) is -0.0637. The fourth-order valence-electron chi connectivity index (χ4n) is 9.28. The van der Waals surface area contributed by atoms with Crippen LogP contribution in [0.1, 0.15) is 328 Å². The molecule has 0 aromatic heterocycles. The number of aliphatic hydroxyl groups is 2. The molecule has 2 unspecified atom stereocenters. The number of nitrogens with one attached hydrogen (secondary N) is 1. The Morgan fingerprint density at radius 2 is 0.723 bits per heavy atom. The maximum atomic E-state index is 12.5. The zero-order valence-corrected chi connectivity index (χ0v) is 44.0. The van der Waals surface area contributed by atoms with E-state index in [0.29, 0.717) is 25.9 Å². The Bertz CT molecular complexity index is 970. The van der Waals surface area contributed by atoms with Crippen molar-refractivity contribution < 1.29 is 24.5 Å². The van der Waals surface area contributed by atoms with Crippen LogP contribution in [0.5, 0.6) is 0 Å². The summed E-state index contributed by atoms with van der Waals surface area (Å²) in [5.41, 5.74) is 0. The van der Waals surface area contributed by atoms with Crippen molar-refractivity contribution in [3.05, 3.63) is 12.2 Å². The number of esters is 1. The first kappa shape index (κ1) is 63.6. The summed E-state index contributed by atoms with van der Waals surface area (Å²) >= 11 is 0. The fraction of sp³-hybridized carbons (Fsp3) is 0.932. The predicted octanol–water partition coefficient (Wildman–Crippen LogP) is 18.1. The van der Waals surface area contributed by atoms with Crippen molar-refractivity contribution in [3.63, 3.8) is 0 Å². The van der Waals surface area contributed by atoms with Gasteiger partial charge in [-0.15, -0.1) is 0 Å². The molecule has 0 fully saturated rings. The molecule has 0 radical (unpaired) electrons. The highest BCUT2D eigenvalue weighted by Gasteiger charge is 2.20. The lowest BCUT2D eigenvalue weighted by Gasteiger charge is -2.22. The molecule has 0 saturated carbocycles. The number of unbranched alkanes of at least 4 members (excludes halogenated alkanes) is 42. The molecule has 0 aliphatic carbocycles. The van der Waals surface area contributed by atoms with Crippen molar-refractivity contribution in [1.82, 2.24) is 5.32 Å². The normalized spacial score (nSPS) is 12.6. The second-order valence-electron chi connectivity index (χ2n) is 20.3. The molecule has 1 amide bonds. The molecule has 2 atom stereocenters. The summed E-state index contributed by atoms with van der Waals surface area (Å²) in [6, 6.07) is -0.555. The van der Waals surface area contributed by atoms with Crippen LogP contribution in [0.15, 0.2) is 12.2 Å². The zero-order chi connectivity index (χ0) is 47.2. The maximum Gasteiger partial charge on any atom is 0.305 e. The Kier molecular flexibility index (Phi) is 54.0. The van der Waals surface area contributed by atoms with E-state index in [-0.39, 0.29) is 18.5 Å². The van der Waals surface area contributed by atoms with Gasteiger partial charge in [0, 0.05) is 12.8 Å². The molecule has 386 valence electrons. The van der Waals surface area contributed by atoms with Crippen LogP contribution in [0.25, 0.3) is 0 Å². The van der Waals surface area contributed by atoms with E-state index in [0.717, 1.165) is 57.8 Å². The zero-order valence-electron chi connectivity index (χ0n) is 44.0. The van der Waals surface area contributed by atoms with Gasteiger partial charge in [-0.2, -0.15) is 0 Å². The van der Waals surface area contributed by atoms with Gasteiger partial charge in [-0.25, -0.2) is 0 Å². The molecule has 65 heavy (non-hydrogen) atoms. The van der Waals surface area contributed by atoms with Gasteiger partial charge in [0.25, 0.3) is 0 Å². The van der Waals surface area contributed by atoms with E-state index in [9.17, 15) is 19.8 Å². The van der Waals surface area contributed by atoms with E-state index in [4.69, 9.17) is 4.74 Å². The minimum absolute atomic E-state index is 0.0130. The number of ether oxygens (including phenoxy) is 1. The SMILES string of the molecule is CCCCCCCC/C=C\CCCCCCCCCCCC(=O)OCCCCCCCCCCCCCC(=O)NC(CO)C(O)CCCCCCCCCCCCCCCCCCCC. The highest BCUT2D eigenvalue weighted by molar-refractivity contribution is 5.76. The highest BCUT2D eigenvalue weighted by atomic mass is 16.5. The van der Waals surface area contributed by atoms with Gasteiger partial charge in [-0.05, 0) is 51.4 Å². The molecular weight excluding hydrogens is 803 g/mol. The van der Waals surface area contributed by atoms with E-state index >= 15 is 0 Å². The maximum absolute atomic E-state index is 12.5. The Morgan fingerprint density at radius 1 is 0.415 bits per heavy atom. The third-order valence-corrected chi connectivity index (χ3v) is 13.8. The number of carbonyl (C=O) groups excluding carboxylic acids is 2. The van der Waals surface area contributed by atoms with Crippen molar-refractivity contribution >= 4 is 11.9 Å². The molecule has 0 aromatic rings. The van der Waals surface area contributed by atoms with Crippen LogP contribution in [0.3, 0.4) is 0 Å². The number of hydrogen-bond acceptors (Lipinski definition) is 5. The van der Waals surface area contributed by atoms with Crippen molar-refractivity contribution in [2.75, 3.05) is 13.2 Å². The smallest absolute Gasteiger partial charge is 0.305 e. The van der Waals surface area contributed by atoms with Crippen LogP contribution in [-0.2, 0) is 14.3 Å². The molecule has 0 heterocycles.